The van der Waals surface area contributed by atoms with Gasteiger partial charge in [-0.05, 0) is 31.6 Å². The van der Waals surface area contributed by atoms with Crippen LogP contribution in [0.3, 0.4) is 0 Å². The molecule has 0 atom stereocenters. The summed E-state index contributed by atoms with van der Waals surface area (Å²) in [7, 11) is 3.39. The van der Waals surface area contributed by atoms with E-state index in [1.54, 1.807) is 14.1 Å². The Kier molecular flexibility index (Phi) is 5.64. The van der Waals surface area contributed by atoms with Crippen molar-refractivity contribution in [2.75, 3.05) is 40.3 Å². The molecule has 2 rings (SSSR count). The van der Waals surface area contributed by atoms with Gasteiger partial charge < -0.3 is 20.3 Å². The molecule has 0 aromatic rings. The minimum Gasteiger partial charge on any atom is -0.378 e. The van der Waals surface area contributed by atoms with Crippen LogP contribution in [-0.2, 0) is 9.53 Å². The average molecular weight is 282 g/mol. The van der Waals surface area contributed by atoms with Gasteiger partial charge in [-0.25, -0.2) is 0 Å². The topological polar surface area (TPSA) is 66.0 Å². The monoisotopic (exact) mass is 282 g/mol. The van der Waals surface area contributed by atoms with Crippen LogP contribution in [0.4, 0.5) is 0 Å². The molecule has 1 aliphatic carbocycles. The molecule has 1 saturated carbocycles. The number of likely N-dealkylation sites (N-methyl/N-ethyl adjacent to an activating group) is 1. The van der Waals surface area contributed by atoms with Crippen molar-refractivity contribution in [2.24, 2.45) is 10.9 Å². The van der Waals surface area contributed by atoms with Crippen LogP contribution in [0.25, 0.3) is 0 Å². The maximum atomic E-state index is 11.3. The second-order valence-corrected chi connectivity index (χ2v) is 5.54. The molecule has 6 heteroatoms. The highest BCUT2D eigenvalue weighted by atomic mass is 16.5. The van der Waals surface area contributed by atoms with E-state index < -0.39 is 0 Å². The Balaban J connectivity index is 1.68. The van der Waals surface area contributed by atoms with Gasteiger partial charge in [0.2, 0.25) is 5.91 Å². The van der Waals surface area contributed by atoms with Crippen LogP contribution in [0.5, 0.6) is 0 Å². The molecule has 114 valence electrons. The highest BCUT2D eigenvalue weighted by Gasteiger charge is 2.26. The number of piperidine rings is 1. The first-order chi connectivity index (χ1) is 9.72. The minimum absolute atomic E-state index is 0.0335. The molecule has 0 aromatic carbocycles. The fraction of sp³-hybridized carbons (Fsp3) is 0.857. The van der Waals surface area contributed by atoms with Crippen LogP contribution in [0, 0.1) is 5.92 Å². The fourth-order valence-electron chi connectivity index (χ4n) is 2.37. The number of ether oxygens (including phenoxy) is 1. The van der Waals surface area contributed by atoms with Crippen LogP contribution in [0.2, 0.25) is 0 Å². The number of likely N-dealkylation sites (tertiary alicyclic amines) is 1. The highest BCUT2D eigenvalue weighted by molar-refractivity contribution is 5.86. The van der Waals surface area contributed by atoms with Gasteiger partial charge in [-0.1, -0.05) is 0 Å². The Bertz CT molecular complexity index is 347. The summed E-state index contributed by atoms with van der Waals surface area (Å²) in [5.41, 5.74) is 0. The molecule has 2 N–H and O–H groups in total. The summed E-state index contributed by atoms with van der Waals surface area (Å²) in [6.45, 7) is 3.07. The number of amides is 1. The Morgan fingerprint density at radius 3 is 2.55 bits per heavy atom. The predicted octanol–water partition coefficient (Wildman–Crippen LogP) is 0.199. The summed E-state index contributed by atoms with van der Waals surface area (Å²) >= 11 is 0. The Hall–Kier alpha value is -1.30. The summed E-state index contributed by atoms with van der Waals surface area (Å²) in [5, 5.41) is 5.68. The Labute approximate surface area is 121 Å². The number of aliphatic imine (C=N–C) groups is 1. The van der Waals surface area contributed by atoms with Gasteiger partial charge in [-0.3, -0.25) is 9.79 Å². The molecule has 0 unspecified atom stereocenters. The molecule has 1 heterocycles. The molecule has 0 radical (unpaired) electrons. The first-order valence-electron chi connectivity index (χ1n) is 7.50. The van der Waals surface area contributed by atoms with E-state index in [2.05, 4.69) is 20.5 Å². The first kappa shape index (κ1) is 15.1. The van der Waals surface area contributed by atoms with E-state index in [4.69, 9.17) is 4.74 Å². The molecular formula is C14H26N4O2. The lowest BCUT2D eigenvalue weighted by molar-refractivity contribution is -0.119. The molecule has 0 aromatic heterocycles. The molecule has 6 nitrogen and oxygen atoms in total. The minimum atomic E-state index is -0.0335. The van der Waals surface area contributed by atoms with Crippen LogP contribution in [-0.4, -0.2) is 63.2 Å². The summed E-state index contributed by atoms with van der Waals surface area (Å²) in [6, 6.07) is 0. The lowest BCUT2D eigenvalue weighted by Gasteiger charge is -2.34. The van der Waals surface area contributed by atoms with Crippen molar-refractivity contribution < 1.29 is 9.53 Å². The smallest absolute Gasteiger partial charge is 0.239 e. The quantitative estimate of drug-likeness (QED) is 0.558. The zero-order valence-electron chi connectivity index (χ0n) is 12.5. The number of hydrogen-bond acceptors (Lipinski definition) is 3. The van der Waals surface area contributed by atoms with Crippen molar-refractivity contribution in [2.45, 2.75) is 31.8 Å². The van der Waals surface area contributed by atoms with Crippen LogP contribution < -0.4 is 10.6 Å². The van der Waals surface area contributed by atoms with Crippen molar-refractivity contribution in [1.82, 2.24) is 15.5 Å². The summed E-state index contributed by atoms with van der Waals surface area (Å²) < 4.78 is 5.93. The molecule has 1 saturated heterocycles. The number of hydrogen-bond donors (Lipinski definition) is 2. The molecule has 1 amide bonds. The standard InChI is InChI=1S/C14H26N4O2/c1-15-13(19)9-17-14(16-2)18-7-5-12(6-8-18)20-10-11-3-4-11/h11-12H,3-10H2,1-2H3,(H,15,19)(H,16,17). The predicted molar refractivity (Wildman–Crippen MR) is 78.7 cm³/mol. The van der Waals surface area contributed by atoms with Gasteiger partial charge in [0.25, 0.3) is 0 Å². The molecule has 2 fully saturated rings. The largest absolute Gasteiger partial charge is 0.378 e. The van der Waals surface area contributed by atoms with Crippen LogP contribution in [0.1, 0.15) is 25.7 Å². The van der Waals surface area contributed by atoms with Gasteiger partial charge in [0.15, 0.2) is 5.96 Å². The van der Waals surface area contributed by atoms with Gasteiger partial charge in [0, 0.05) is 33.8 Å². The van der Waals surface area contributed by atoms with Gasteiger partial charge in [0.1, 0.15) is 0 Å². The lowest BCUT2D eigenvalue weighted by atomic mass is 10.1. The van der Waals surface area contributed by atoms with Crippen molar-refractivity contribution in [3.63, 3.8) is 0 Å². The number of carbonyl (C=O) groups is 1. The van der Waals surface area contributed by atoms with E-state index in [9.17, 15) is 4.79 Å². The highest BCUT2D eigenvalue weighted by Crippen LogP contribution is 2.30. The second-order valence-electron chi connectivity index (χ2n) is 5.54. The summed E-state index contributed by atoms with van der Waals surface area (Å²) in [6.07, 6.45) is 5.15. The van der Waals surface area contributed by atoms with Crippen molar-refractivity contribution in [3.05, 3.63) is 0 Å². The van der Waals surface area contributed by atoms with Gasteiger partial charge >= 0.3 is 0 Å². The van der Waals surface area contributed by atoms with Gasteiger partial charge in [0.05, 0.1) is 12.6 Å². The van der Waals surface area contributed by atoms with Crippen LogP contribution >= 0.6 is 0 Å². The van der Waals surface area contributed by atoms with E-state index in [1.807, 2.05) is 0 Å². The van der Waals surface area contributed by atoms with Gasteiger partial charge in [-0.2, -0.15) is 0 Å². The average Bonchev–Trinajstić information content (AvgIpc) is 3.31. The molecule has 0 spiro atoms. The lowest BCUT2D eigenvalue weighted by Crippen LogP contribution is -2.49. The van der Waals surface area contributed by atoms with Gasteiger partial charge in [-0.15, -0.1) is 0 Å². The molecule has 1 aliphatic heterocycles. The van der Waals surface area contributed by atoms with E-state index in [1.165, 1.54) is 12.8 Å². The third kappa shape index (κ3) is 4.67. The van der Waals surface area contributed by atoms with E-state index in [0.717, 1.165) is 44.4 Å². The van der Waals surface area contributed by atoms with Crippen LogP contribution in [0.15, 0.2) is 4.99 Å². The van der Waals surface area contributed by atoms with Crippen molar-refractivity contribution >= 4 is 11.9 Å². The van der Waals surface area contributed by atoms with E-state index >= 15 is 0 Å². The zero-order chi connectivity index (χ0) is 14.4. The molecule has 2 aliphatic rings. The number of nitrogens with zero attached hydrogens (tertiary/aromatic N) is 2. The molecular weight excluding hydrogens is 256 g/mol. The number of rotatable bonds is 5. The SMILES string of the molecule is CN=C(NCC(=O)NC)N1CCC(OCC2CC2)CC1. The molecule has 0 bridgehead atoms. The van der Waals surface area contributed by atoms with Crippen molar-refractivity contribution in [3.8, 4) is 0 Å². The normalized spacial score (nSPS) is 20.9. The maximum Gasteiger partial charge on any atom is 0.239 e. The number of carbonyl (C=O) groups excluding carboxylic acids is 1. The summed E-state index contributed by atoms with van der Waals surface area (Å²) in [4.78, 5) is 17.7. The Morgan fingerprint density at radius 1 is 1.30 bits per heavy atom. The second kappa shape index (κ2) is 7.47. The molecule has 20 heavy (non-hydrogen) atoms. The van der Waals surface area contributed by atoms with E-state index in [-0.39, 0.29) is 12.5 Å². The fourth-order valence-corrected chi connectivity index (χ4v) is 2.37. The number of nitrogens with one attached hydrogen (secondary N) is 2. The van der Waals surface area contributed by atoms with Crippen molar-refractivity contribution in [1.29, 1.82) is 0 Å². The third-order valence-corrected chi connectivity index (χ3v) is 3.90. The zero-order valence-corrected chi connectivity index (χ0v) is 12.5. The Morgan fingerprint density at radius 2 is 2.00 bits per heavy atom. The number of guanidine groups is 1. The summed E-state index contributed by atoms with van der Waals surface area (Å²) in [5.74, 6) is 1.60. The first-order valence-corrected chi connectivity index (χ1v) is 7.50. The third-order valence-electron chi connectivity index (χ3n) is 3.90. The maximum absolute atomic E-state index is 11.3. The van der Waals surface area contributed by atoms with E-state index in [0.29, 0.717) is 6.10 Å².